The maximum atomic E-state index is 13.9. The van der Waals surface area contributed by atoms with Crippen LogP contribution in [-0.4, -0.2) is 87.0 Å². The topological polar surface area (TPSA) is 207 Å². The lowest BCUT2D eigenvalue weighted by atomic mass is 10.0. The number of aromatic amines is 1. The van der Waals surface area contributed by atoms with E-state index in [1.54, 1.807) is 42.6 Å². The number of phenols is 1. The number of aromatic hydroxyl groups is 1. The average Bonchev–Trinajstić information content (AvgIpc) is 3.76. The zero-order valence-corrected chi connectivity index (χ0v) is 26.8. The number of carbonyl (C=O) groups excluding carboxylic acids is 4. The number of phenolic OH excluding ortho intramolecular Hbond substituents is 1. The molecule has 0 aliphatic carbocycles. The van der Waals surface area contributed by atoms with Crippen LogP contribution in [0.25, 0.3) is 10.9 Å². The van der Waals surface area contributed by atoms with Gasteiger partial charge in [0.15, 0.2) is 0 Å². The Morgan fingerprint density at radius 1 is 0.816 bits per heavy atom. The molecule has 4 amide bonds. The van der Waals surface area contributed by atoms with Crippen LogP contribution in [-0.2, 0) is 43.2 Å². The second kappa shape index (κ2) is 15.9. The third kappa shape index (κ3) is 8.82. The zero-order valence-electron chi connectivity index (χ0n) is 26.8. The molecule has 1 aliphatic rings. The molecule has 256 valence electrons. The third-order valence-corrected chi connectivity index (χ3v) is 8.66. The van der Waals surface area contributed by atoms with Crippen molar-refractivity contribution >= 4 is 40.5 Å². The standard InChI is InChI=1S/C36H40N6O7/c37-20-32(44)39-29(17-23-12-14-25(43)15-13-23)35(47)42-16-6-11-31(42)34(46)40-28(19-24-21-38-27-10-5-4-9-26(24)27)33(45)41-30(36(48)49)18-22-7-2-1-3-8-22/h1-5,7-10,12-15,21,28-31,38,43H,6,11,16-20,37H2,(H,39,44)(H,40,46)(H,41,45)(H,48,49)/t28-,29-,30+,31-/m1/s1. The van der Waals surface area contributed by atoms with Gasteiger partial charge in [0.2, 0.25) is 23.6 Å². The van der Waals surface area contributed by atoms with E-state index in [-0.39, 0.29) is 38.1 Å². The van der Waals surface area contributed by atoms with Gasteiger partial charge in [0.1, 0.15) is 29.9 Å². The highest BCUT2D eigenvalue weighted by atomic mass is 16.4. The van der Waals surface area contributed by atoms with Crippen LogP contribution in [0.1, 0.15) is 29.5 Å². The number of rotatable bonds is 14. The largest absolute Gasteiger partial charge is 0.508 e. The first kappa shape index (κ1) is 34.6. The highest BCUT2D eigenvalue weighted by molar-refractivity contribution is 5.96. The lowest BCUT2D eigenvalue weighted by molar-refractivity contribution is -0.143. The summed E-state index contributed by atoms with van der Waals surface area (Å²) in [6, 6.07) is 18.2. The van der Waals surface area contributed by atoms with E-state index in [2.05, 4.69) is 20.9 Å². The molecule has 13 nitrogen and oxygen atoms in total. The molecule has 49 heavy (non-hydrogen) atoms. The molecule has 0 spiro atoms. The van der Waals surface area contributed by atoms with Crippen LogP contribution in [0.4, 0.5) is 0 Å². The number of fused-ring (bicyclic) bond motifs is 1. The maximum absolute atomic E-state index is 13.9. The minimum absolute atomic E-state index is 0.0392. The molecule has 4 atom stereocenters. The van der Waals surface area contributed by atoms with E-state index in [0.717, 1.165) is 22.0 Å². The number of carboxylic acid groups (broad SMARTS) is 1. The summed E-state index contributed by atoms with van der Waals surface area (Å²) in [4.78, 5) is 70.7. The Balaban J connectivity index is 1.37. The molecule has 3 aromatic carbocycles. The normalized spacial score (nSPS) is 16.0. The quantitative estimate of drug-likeness (QED) is 0.104. The van der Waals surface area contributed by atoms with Crippen molar-refractivity contribution in [3.8, 4) is 5.75 Å². The van der Waals surface area contributed by atoms with Crippen LogP contribution in [0.15, 0.2) is 85.1 Å². The van der Waals surface area contributed by atoms with Gasteiger partial charge in [0.05, 0.1) is 6.54 Å². The van der Waals surface area contributed by atoms with E-state index >= 15 is 0 Å². The zero-order chi connectivity index (χ0) is 34.9. The summed E-state index contributed by atoms with van der Waals surface area (Å²) in [5.41, 5.74) is 8.49. The first-order valence-electron chi connectivity index (χ1n) is 16.1. The van der Waals surface area contributed by atoms with E-state index in [0.29, 0.717) is 18.4 Å². The van der Waals surface area contributed by atoms with E-state index < -0.39 is 53.8 Å². The molecule has 0 saturated carbocycles. The lowest BCUT2D eigenvalue weighted by Gasteiger charge is -2.30. The molecule has 8 N–H and O–H groups in total. The smallest absolute Gasteiger partial charge is 0.326 e. The predicted octanol–water partition coefficient (Wildman–Crippen LogP) is 1.39. The molecule has 1 aliphatic heterocycles. The van der Waals surface area contributed by atoms with Gasteiger partial charge >= 0.3 is 5.97 Å². The van der Waals surface area contributed by atoms with Crippen LogP contribution in [0.5, 0.6) is 5.75 Å². The number of nitrogens with two attached hydrogens (primary N) is 1. The molecule has 4 aromatic rings. The van der Waals surface area contributed by atoms with Crippen molar-refractivity contribution in [3.05, 3.63) is 102 Å². The third-order valence-electron chi connectivity index (χ3n) is 8.66. The summed E-state index contributed by atoms with van der Waals surface area (Å²) < 4.78 is 0. The van der Waals surface area contributed by atoms with Crippen molar-refractivity contribution in [1.29, 1.82) is 0 Å². The second-order valence-electron chi connectivity index (χ2n) is 12.1. The van der Waals surface area contributed by atoms with E-state index in [1.165, 1.54) is 17.0 Å². The lowest BCUT2D eigenvalue weighted by Crippen LogP contribution is -2.58. The molecule has 13 heteroatoms. The Bertz CT molecular complexity index is 1790. The SMILES string of the molecule is NCC(=O)N[C@H](Cc1ccc(O)cc1)C(=O)N1CCC[C@@H]1C(=O)N[C@H](Cc1c[nH]c2ccccc12)C(=O)N[C@@H](Cc1ccccc1)C(=O)O. The van der Waals surface area contributed by atoms with Crippen molar-refractivity contribution in [2.24, 2.45) is 5.73 Å². The van der Waals surface area contributed by atoms with Crippen molar-refractivity contribution in [2.75, 3.05) is 13.1 Å². The minimum atomic E-state index is -1.26. The first-order valence-corrected chi connectivity index (χ1v) is 16.1. The Labute approximate surface area is 282 Å². The van der Waals surface area contributed by atoms with Crippen molar-refractivity contribution in [2.45, 2.75) is 56.3 Å². The summed E-state index contributed by atoms with van der Waals surface area (Å²) in [6.45, 7) is -0.0888. The summed E-state index contributed by atoms with van der Waals surface area (Å²) in [6.07, 6.45) is 2.77. The number of H-pyrrole nitrogens is 1. The number of aliphatic carboxylic acids is 1. The summed E-state index contributed by atoms with van der Waals surface area (Å²) >= 11 is 0. The van der Waals surface area contributed by atoms with Crippen LogP contribution < -0.4 is 21.7 Å². The van der Waals surface area contributed by atoms with Crippen molar-refractivity contribution in [3.63, 3.8) is 0 Å². The number of amides is 4. The molecule has 1 saturated heterocycles. The second-order valence-corrected chi connectivity index (χ2v) is 12.1. The number of hydrogen-bond acceptors (Lipinski definition) is 7. The van der Waals surface area contributed by atoms with E-state index in [4.69, 9.17) is 5.73 Å². The number of para-hydroxylation sites is 1. The Hall–Kier alpha value is -5.69. The van der Waals surface area contributed by atoms with Crippen LogP contribution in [0.2, 0.25) is 0 Å². The Morgan fingerprint density at radius 3 is 2.20 bits per heavy atom. The summed E-state index contributed by atoms with van der Waals surface area (Å²) in [5.74, 6) is -3.46. The van der Waals surface area contributed by atoms with Crippen molar-refractivity contribution < 1.29 is 34.2 Å². The molecule has 1 aromatic heterocycles. The van der Waals surface area contributed by atoms with Gasteiger partial charge in [-0.3, -0.25) is 19.2 Å². The number of carbonyl (C=O) groups is 5. The Kier molecular flexibility index (Phi) is 11.3. The summed E-state index contributed by atoms with van der Waals surface area (Å²) in [7, 11) is 0. The Morgan fingerprint density at radius 2 is 1.49 bits per heavy atom. The number of likely N-dealkylation sites (tertiary alicyclic amines) is 1. The van der Waals surface area contributed by atoms with Gasteiger partial charge < -0.3 is 41.8 Å². The molecular weight excluding hydrogens is 628 g/mol. The van der Waals surface area contributed by atoms with Gasteiger partial charge in [-0.2, -0.15) is 0 Å². The number of hydrogen-bond donors (Lipinski definition) is 7. The summed E-state index contributed by atoms with van der Waals surface area (Å²) in [5, 5.41) is 28.6. The molecular formula is C36H40N6O7. The van der Waals surface area contributed by atoms with Gasteiger partial charge in [-0.1, -0.05) is 60.7 Å². The monoisotopic (exact) mass is 668 g/mol. The van der Waals surface area contributed by atoms with Gasteiger partial charge in [0.25, 0.3) is 0 Å². The van der Waals surface area contributed by atoms with Crippen LogP contribution in [0.3, 0.4) is 0 Å². The highest BCUT2D eigenvalue weighted by Crippen LogP contribution is 2.23. The number of aromatic nitrogens is 1. The van der Waals surface area contributed by atoms with Gasteiger partial charge in [0, 0.05) is 42.9 Å². The number of carboxylic acids is 1. The average molecular weight is 669 g/mol. The maximum Gasteiger partial charge on any atom is 0.326 e. The fourth-order valence-corrected chi connectivity index (χ4v) is 6.14. The molecule has 1 fully saturated rings. The van der Waals surface area contributed by atoms with Gasteiger partial charge in [-0.25, -0.2) is 4.79 Å². The molecule has 0 bridgehead atoms. The van der Waals surface area contributed by atoms with E-state index in [1.807, 2.05) is 30.3 Å². The fraction of sp³-hybridized carbons (Fsp3) is 0.306. The molecule has 5 rings (SSSR count). The van der Waals surface area contributed by atoms with Gasteiger partial charge in [-0.05, 0) is 47.7 Å². The molecule has 0 unspecified atom stereocenters. The predicted molar refractivity (Wildman–Crippen MR) is 181 cm³/mol. The number of benzene rings is 3. The van der Waals surface area contributed by atoms with E-state index in [9.17, 15) is 34.2 Å². The highest BCUT2D eigenvalue weighted by Gasteiger charge is 2.39. The first-order chi connectivity index (χ1) is 23.6. The van der Waals surface area contributed by atoms with Crippen LogP contribution in [0, 0.1) is 0 Å². The van der Waals surface area contributed by atoms with Gasteiger partial charge in [-0.15, -0.1) is 0 Å². The fourth-order valence-electron chi connectivity index (χ4n) is 6.14. The number of nitrogens with zero attached hydrogens (tertiary/aromatic N) is 1. The minimum Gasteiger partial charge on any atom is -0.508 e. The van der Waals surface area contributed by atoms with Crippen molar-refractivity contribution in [1.82, 2.24) is 25.8 Å². The number of nitrogens with one attached hydrogen (secondary N) is 4. The molecule has 2 heterocycles. The van der Waals surface area contributed by atoms with Crippen LogP contribution >= 0.6 is 0 Å². The molecule has 0 radical (unpaired) electrons.